The summed E-state index contributed by atoms with van der Waals surface area (Å²) < 4.78 is 2.48. The smallest absolute Gasteiger partial charge is 0.0378 e. The maximum absolute atomic E-state index is 6.20. The van der Waals surface area contributed by atoms with E-state index in [1.807, 2.05) is 0 Å². The third-order valence-corrected chi connectivity index (χ3v) is 4.75. The van der Waals surface area contributed by atoms with Gasteiger partial charge >= 0.3 is 0 Å². The average Bonchev–Trinajstić information content (AvgIpc) is 2.98. The highest BCUT2D eigenvalue weighted by molar-refractivity contribution is 5.28. The quantitative estimate of drug-likeness (QED) is 0.889. The van der Waals surface area contributed by atoms with E-state index < -0.39 is 0 Å². The van der Waals surface area contributed by atoms with Crippen LogP contribution in [0.2, 0.25) is 0 Å². The maximum atomic E-state index is 6.20. The van der Waals surface area contributed by atoms with Crippen LogP contribution in [-0.4, -0.2) is 28.6 Å². The molecule has 1 aromatic heterocycles. The van der Waals surface area contributed by atoms with Gasteiger partial charge in [0.15, 0.2) is 0 Å². The minimum Gasteiger partial charge on any atom is -0.350 e. The molecule has 0 spiro atoms. The first kappa shape index (κ1) is 12.2. The maximum Gasteiger partial charge on any atom is 0.0378 e. The Morgan fingerprint density at radius 3 is 3.06 bits per heavy atom. The lowest BCUT2D eigenvalue weighted by atomic mass is 9.93. The lowest BCUT2D eigenvalue weighted by molar-refractivity contribution is 0.242. The van der Waals surface area contributed by atoms with Crippen molar-refractivity contribution in [2.75, 3.05) is 13.1 Å². The van der Waals surface area contributed by atoms with Crippen molar-refractivity contribution in [3.63, 3.8) is 0 Å². The number of likely N-dealkylation sites (N-methyl/N-ethyl adjacent to an activating group) is 1. The molecule has 1 aliphatic carbocycles. The summed E-state index contributed by atoms with van der Waals surface area (Å²) in [4.78, 5) is 2.62. The fraction of sp³-hybridized carbons (Fsp3) is 0.733. The van der Waals surface area contributed by atoms with Crippen LogP contribution in [-0.2, 0) is 13.0 Å². The lowest BCUT2D eigenvalue weighted by Gasteiger charge is -2.26. The van der Waals surface area contributed by atoms with Crippen molar-refractivity contribution in [2.45, 2.75) is 57.7 Å². The Labute approximate surface area is 110 Å². The summed E-state index contributed by atoms with van der Waals surface area (Å²) in [6.45, 7) is 5.91. The van der Waals surface area contributed by atoms with Crippen LogP contribution in [0.4, 0.5) is 0 Å². The van der Waals surface area contributed by atoms with Gasteiger partial charge in [-0.25, -0.2) is 0 Å². The molecule has 1 aliphatic heterocycles. The van der Waals surface area contributed by atoms with Crippen LogP contribution in [0.25, 0.3) is 0 Å². The normalized spacial score (nSPS) is 28.6. The summed E-state index contributed by atoms with van der Waals surface area (Å²) in [5, 5.41) is 0. The third kappa shape index (κ3) is 2.10. The van der Waals surface area contributed by atoms with E-state index in [4.69, 9.17) is 5.73 Å². The van der Waals surface area contributed by atoms with Crippen molar-refractivity contribution in [3.05, 3.63) is 23.5 Å². The molecule has 1 saturated heterocycles. The molecule has 2 N–H and O–H groups in total. The van der Waals surface area contributed by atoms with Gasteiger partial charge in [0.05, 0.1) is 0 Å². The molecular formula is C15H25N3. The summed E-state index contributed by atoms with van der Waals surface area (Å²) >= 11 is 0. The molecule has 0 radical (unpaired) electrons. The second-order valence-electron chi connectivity index (χ2n) is 5.79. The van der Waals surface area contributed by atoms with E-state index in [-0.39, 0.29) is 6.04 Å². The van der Waals surface area contributed by atoms with Crippen LogP contribution in [0, 0.1) is 0 Å². The van der Waals surface area contributed by atoms with Gasteiger partial charge in [-0.05, 0) is 56.8 Å². The molecule has 3 rings (SSSR count). The molecule has 18 heavy (non-hydrogen) atoms. The number of hydrogen-bond donors (Lipinski definition) is 1. The molecule has 3 heteroatoms. The minimum atomic E-state index is 0.279. The largest absolute Gasteiger partial charge is 0.350 e. The summed E-state index contributed by atoms with van der Waals surface area (Å²) in [6, 6.07) is 3.27. The number of nitrogens with zero attached hydrogens (tertiary/aromatic N) is 2. The van der Waals surface area contributed by atoms with Gasteiger partial charge in [-0.3, -0.25) is 4.90 Å². The predicted octanol–water partition coefficient (Wildman–Crippen LogP) is 2.31. The van der Waals surface area contributed by atoms with Gasteiger partial charge in [-0.15, -0.1) is 0 Å². The zero-order valence-electron chi connectivity index (χ0n) is 11.4. The van der Waals surface area contributed by atoms with Crippen LogP contribution in [0.1, 0.15) is 49.9 Å². The molecule has 100 valence electrons. The first-order valence-corrected chi connectivity index (χ1v) is 7.47. The lowest BCUT2D eigenvalue weighted by Crippen LogP contribution is -2.33. The standard InChI is InChI=1S/C15H25N3/c1-2-17-9-4-5-12(17)11-18-10-8-13-14(16)6-3-7-15(13)18/h8,10,12,14H,2-7,9,11,16H2,1H3. The van der Waals surface area contributed by atoms with Crippen molar-refractivity contribution in [3.8, 4) is 0 Å². The van der Waals surface area contributed by atoms with Gasteiger partial charge < -0.3 is 10.3 Å². The highest BCUT2D eigenvalue weighted by atomic mass is 15.2. The molecule has 0 bridgehead atoms. The number of rotatable bonds is 3. The van der Waals surface area contributed by atoms with Crippen molar-refractivity contribution < 1.29 is 0 Å². The van der Waals surface area contributed by atoms with Crippen molar-refractivity contribution in [1.29, 1.82) is 0 Å². The highest BCUT2D eigenvalue weighted by Crippen LogP contribution is 2.30. The molecule has 1 fully saturated rings. The average molecular weight is 247 g/mol. The monoisotopic (exact) mass is 247 g/mol. The van der Waals surface area contributed by atoms with E-state index >= 15 is 0 Å². The van der Waals surface area contributed by atoms with E-state index in [1.165, 1.54) is 50.0 Å². The number of aromatic nitrogens is 1. The Hall–Kier alpha value is -0.800. The molecular weight excluding hydrogens is 222 g/mol. The Kier molecular flexibility index (Phi) is 3.44. The van der Waals surface area contributed by atoms with E-state index in [2.05, 4.69) is 28.7 Å². The summed E-state index contributed by atoms with van der Waals surface area (Å²) in [6.07, 6.45) is 8.60. The molecule has 0 aromatic carbocycles. The predicted molar refractivity (Wildman–Crippen MR) is 74.6 cm³/mol. The Balaban J connectivity index is 1.77. The Morgan fingerprint density at radius 1 is 1.33 bits per heavy atom. The Bertz CT molecular complexity index is 410. The fourth-order valence-corrected chi connectivity index (χ4v) is 3.71. The van der Waals surface area contributed by atoms with Crippen LogP contribution >= 0.6 is 0 Å². The topological polar surface area (TPSA) is 34.2 Å². The van der Waals surface area contributed by atoms with E-state index in [0.717, 1.165) is 19.0 Å². The molecule has 0 saturated carbocycles. The zero-order valence-corrected chi connectivity index (χ0v) is 11.4. The number of fused-ring (bicyclic) bond motifs is 1. The molecule has 2 aliphatic rings. The second kappa shape index (κ2) is 5.06. The van der Waals surface area contributed by atoms with Crippen molar-refractivity contribution in [2.24, 2.45) is 5.73 Å². The molecule has 2 atom stereocenters. The molecule has 2 unspecified atom stereocenters. The molecule has 3 nitrogen and oxygen atoms in total. The molecule has 0 amide bonds. The number of nitrogens with two attached hydrogens (primary N) is 1. The number of likely N-dealkylation sites (tertiary alicyclic amines) is 1. The van der Waals surface area contributed by atoms with Crippen LogP contribution < -0.4 is 5.73 Å². The van der Waals surface area contributed by atoms with E-state index in [9.17, 15) is 0 Å². The fourth-order valence-electron chi connectivity index (χ4n) is 3.71. The van der Waals surface area contributed by atoms with E-state index in [0.29, 0.717) is 0 Å². The zero-order chi connectivity index (χ0) is 12.5. The van der Waals surface area contributed by atoms with Gasteiger partial charge in [-0.1, -0.05) is 6.92 Å². The highest BCUT2D eigenvalue weighted by Gasteiger charge is 2.26. The molecule has 1 aromatic rings. The van der Waals surface area contributed by atoms with Crippen molar-refractivity contribution >= 4 is 0 Å². The van der Waals surface area contributed by atoms with Gasteiger partial charge in [-0.2, -0.15) is 0 Å². The second-order valence-corrected chi connectivity index (χ2v) is 5.79. The summed E-state index contributed by atoms with van der Waals surface area (Å²) in [5.41, 5.74) is 9.11. The van der Waals surface area contributed by atoms with Gasteiger partial charge in [0.2, 0.25) is 0 Å². The van der Waals surface area contributed by atoms with Gasteiger partial charge in [0.25, 0.3) is 0 Å². The van der Waals surface area contributed by atoms with E-state index in [1.54, 1.807) is 0 Å². The van der Waals surface area contributed by atoms with Crippen molar-refractivity contribution in [1.82, 2.24) is 9.47 Å². The third-order valence-electron chi connectivity index (χ3n) is 4.75. The van der Waals surface area contributed by atoms with Crippen LogP contribution in [0.5, 0.6) is 0 Å². The minimum absolute atomic E-state index is 0.279. The first-order chi connectivity index (χ1) is 8.79. The summed E-state index contributed by atoms with van der Waals surface area (Å²) in [5.74, 6) is 0. The van der Waals surface area contributed by atoms with Crippen LogP contribution in [0.15, 0.2) is 12.3 Å². The van der Waals surface area contributed by atoms with Gasteiger partial charge in [0, 0.05) is 30.5 Å². The number of hydrogen-bond acceptors (Lipinski definition) is 2. The SMILES string of the molecule is CCN1CCCC1Cn1ccc2c1CCCC2N. The summed E-state index contributed by atoms with van der Waals surface area (Å²) in [7, 11) is 0. The van der Waals surface area contributed by atoms with Gasteiger partial charge in [0.1, 0.15) is 0 Å². The first-order valence-electron chi connectivity index (χ1n) is 7.47. The molecule has 2 heterocycles. The van der Waals surface area contributed by atoms with Crippen LogP contribution in [0.3, 0.4) is 0 Å². The Morgan fingerprint density at radius 2 is 2.22 bits per heavy atom.